The first-order chi connectivity index (χ1) is 8.31. The molecular weight excluding hydrogens is 216 g/mol. The third kappa shape index (κ3) is 2.77. The van der Waals surface area contributed by atoms with Gasteiger partial charge < -0.3 is 14.9 Å². The molecule has 0 aliphatic rings. The van der Waals surface area contributed by atoms with Crippen LogP contribution in [0.5, 0.6) is 11.5 Å². The summed E-state index contributed by atoms with van der Waals surface area (Å²) >= 11 is 0. The first-order valence-corrected chi connectivity index (χ1v) is 5.43. The molecular formula is C14H14O3. The van der Waals surface area contributed by atoms with Crippen LogP contribution in [0.2, 0.25) is 0 Å². The largest absolute Gasteiger partial charge is 0.507 e. The van der Waals surface area contributed by atoms with Gasteiger partial charge in [-0.15, -0.1) is 0 Å². The lowest BCUT2D eigenvalue weighted by molar-refractivity contribution is 0.201. The maximum atomic E-state index is 9.90. The minimum absolute atomic E-state index is 0.0405. The SMILES string of the molecule is OCCOc1ccc(-c2ccccc2)c(O)c1. The number of ether oxygens (including phenoxy) is 1. The maximum absolute atomic E-state index is 9.90. The summed E-state index contributed by atoms with van der Waals surface area (Å²) in [7, 11) is 0. The molecule has 0 heterocycles. The van der Waals surface area contributed by atoms with E-state index < -0.39 is 0 Å². The molecule has 0 saturated carbocycles. The number of aliphatic hydroxyl groups excluding tert-OH is 1. The number of benzene rings is 2. The molecule has 2 N–H and O–H groups in total. The quantitative estimate of drug-likeness (QED) is 0.848. The Labute approximate surface area is 99.9 Å². The van der Waals surface area contributed by atoms with Crippen molar-refractivity contribution in [1.29, 1.82) is 0 Å². The van der Waals surface area contributed by atoms with Crippen LogP contribution in [0.4, 0.5) is 0 Å². The Kier molecular flexibility index (Phi) is 3.62. The minimum Gasteiger partial charge on any atom is -0.507 e. The number of phenols is 1. The van der Waals surface area contributed by atoms with Gasteiger partial charge >= 0.3 is 0 Å². The van der Waals surface area contributed by atoms with Gasteiger partial charge in [0.05, 0.1) is 6.61 Å². The van der Waals surface area contributed by atoms with Crippen molar-refractivity contribution >= 4 is 0 Å². The number of hydrogen-bond donors (Lipinski definition) is 2. The summed E-state index contributed by atoms with van der Waals surface area (Å²) in [5, 5.41) is 18.5. The summed E-state index contributed by atoms with van der Waals surface area (Å²) in [6.45, 7) is 0.186. The van der Waals surface area contributed by atoms with Gasteiger partial charge in [-0.1, -0.05) is 30.3 Å². The Morgan fingerprint density at radius 2 is 1.76 bits per heavy atom. The summed E-state index contributed by atoms with van der Waals surface area (Å²) in [5.74, 6) is 0.725. The monoisotopic (exact) mass is 230 g/mol. The first-order valence-electron chi connectivity index (χ1n) is 5.43. The smallest absolute Gasteiger partial charge is 0.127 e. The fraction of sp³-hybridized carbons (Fsp3) is 0.143. The average Bonchev–Trinajstić information content (AvgIpc) is 2.37. The second kappa shape index (κ2) is 5.37. The third-order valence-corrected chi connectivity index (χ3v) is 2.41. The molecule has 17 heavy (non-hydrogen) atoms. The molecule has 3 heteroatoms. The summed E-state index contributed by atoms with van der Waals surface area (Å²) in [4.78, 5) is 0. The number of hydrogen-bond acceptors (Lipinski definition) is 3. The summed E-state index contributed by atoms with van der Waals surface area (Å²) in [6.07, 6.45) is 0. The van der Waals surface area contributed by atoms with E-state index in [0.29, 0.717) is 5.75 Å². The van der Waals surface area contributed by atoms with E-state index in [4.69, 9.17) is 9.84 Å². The second-order valence-electron chi connectivity index (χ2n) is 3.62. The first kappa shape index (κ1) is 11.5. The Morgan fingerprint density at radius 3 is 2.41 bits per heavy atom. The van der Waals surface area contributed by atoms with Crippen LogP contribution in [0.15, 0.2) is 48.5 Å². The molecule has 0 saturated heterocycles. The van der Waals surface area contributed by atoms with Crippen molar-refractivity contribution in [3.8, 4) is 22.6 Å². The van der Waals surface area contributed by atoms with Gasteiger partial charge in [0.25, 0.3) is 0 Å². The Hall–Kier alpha value is -2.00. The van der Waals surface area contributed by atoms with Gasteiger partial charge in [0.2, 0.25) is 0 Å². The van der Waals surface area contributed by atoms with Crippen LogP contribution < -0.4 is 4.74 Å². The standard InChI is InChI=1S/C14H14O3/c15-8-9-17-12-6-7-13(14(16)10-12)11-4-2-1-3-5-11/h1-7,10,15-16H,8-9H2. The molecule has 0 spiro atoms. The normalized spacial score (nSPS) is 10.2. The van der Waals surface area contributed by atoms with Crippen molar-refractivity contribution in [3.05, 3.63) is 48.5 Å². The molecule has 0 aromatic heterocycles. The number of rotatable bonds is 4. The molecule has 0 unspecified atom stereocenters. The van der Waals surface area contributed by atoms with Crippen molar-refractivity contribution in [3.63, 3.8) is 0 Å². The predicted octanol–water partition coefficient (Wildman–Crippen LogP) is 2.43. The van der Waals surface area contributed by atoms with Crippen molar-refractivity contribution in [1.82, 2.24) is 0 Å². The molecule has 0 amide bonds. The second-order valence-corrected chi connectivity index (χ2v) is 3.62. The van der Waals surface area contributed by atoms with E-state index in [9.17, 15) is 5.11 Å². The van der Waals surface area contributed by atoms with Gasteiger partial charge in [-0.2, -0.15) is 0 Å². The number of phenolic OH excluding ortho intramolecular Hbond substituents is 1. The molecule has 0 radical (unpaired) electrons. The molecule has 0 bridgehead atoms. The van der Waals surface area contributed by atoms with E-state index in [-0.39, 0.29) is 19.0 Å². The third-order valence-electron chi connectivity index (χ3n) is 2.41. The van der Waals surface area contributed by atoms with E-state index in [1.54, 1.807) is 18.2 Å². The molecule has 2 aromatic rings. The molecule has 0 aliphatic carbocycles. The van der Waals surface area contributed by atoms with Gasteiger partial charge in [0.15, 0.2) is 0 Å². The highest BCUT2D eigenvalue weighted by molar-refractivity contribution is 5.70. The van der Waals surface area contributed by atoms with Crippen LogP contribution in [0.3, 0.4) is 0 Å². The van der Waals surface area contributed by atoms with Gasteiger partial charge in [-0.05, 0) is 17.7 Å². The maximum Gasteiger partial charge on any atom is 0.127 e. The van der Waals surface area contributed by atoms with E-state index in [2.05, 4.69) is 0 Å². The lowest BCUT2D eigenvalue weighted by Gasteiger charge is -2.08. The zero-order valence-electron chi connectivity index (χ0n) is 9.34. The Bertz CT molecular complexity index is 480. The molecule has 3 nitrogen and oxygen atoms in total. The van der Waals surface area contributed by atoms with Gasteiger partial charge in [0.1, 0.15) is 18.1 Å². The zero-order chi connectivity index (χ0) is 12.1. The van der Waals surface area contributed by atoms with E-state index >= 15 is 0 Å². The zero-order valence-corrected chi connectivity index (χ0v) is 9.34. The topological polar surface area (TPSA) is 49.7 Å². The fourth-order valence-corrected chi connectivity index (χ4v) is 1.63. The number of aliphatic hydroxyl groups is 1. The predicted molar refractivity (Wildman–Crippen MR) is 66.1 cm³/mol. The van der Waals surface area contributed by atoms with Gasteiger partial charge in [0, 0.05) is 11.6 Å². The Balaban J connectivity index is 2.26. The van der Waals surface area contributed by atoms with Crippen molar-refractivity contribution < 1.29 is 14.9 Å². The lowest BCUT2D eigenvalue weighted by Crippen LogP contribution is -2.01. The number of aromatic hydroxyl groups is 1. The molecule has 0 aliphatic heterocycles. The van der Waals surface area contributed by atoms with Crippen LogP contribution in [-0.4, -0.2) is 23.4 Å². The highest BCUT2D eigenvalue weighted by Gasteiger charge is 2.05. The summed E-state index contributed by atoms with van der Waals surface area (Å²) in [5.41, 5.74) is 1.72. The van der Waals surface area contributed by atoms with E-state index in [0.717, 1.165) is 11.1 Å². The molecule has 2 rings (SSSR count). The van der Waals surface area contributed by atoms with Crippen LogP contribution in [0.25, 0.3) is 11.1 Å². The lowest BCUT2D eigenvalue weighted by atomic mass is 10.0. The van der Waals surface area contributed by atoms with Crippen LogP contribution in [0.1, 0.15) is 0 Å². The van der Waals surface area contributed by atoms with Gasteiger partial charge in [-0.3, -0.25) is 0 Å². The fourth-order valence-electron chi connectivity index (χ4n) is 1.63. The minimum atomic E-state index is -0.0405. The van der Waals surface area contributed by atoms with Crippen molar-refractivity contribution in [2.24, 2.45) is 0 Å². The summed E-state index contributed by atoms with van der Waals surface area (Å²) < 4.78 is 5.22. The van der Waals surface area contributed by atoms with E-state index in [1.807, 2.05) is 30.3 Å². The Morgan fingerprint density at radius 1 is 1.00 bits per heavy atom. The molecule has 2 aromatic carbocycles. The highest BCUT2D eigenvalue weighted by atomic mass is 16.5. The summed E-state index contributed by atoms with van der Waals surface area (Å²) in [6, 6.07) is 14.8. The molecule has 88 valence electrons. The van der Waals surface area contributed by atoms with Gasteiger partial charge in [-0.25, -0.2) is 0 Å². The van der Waals surface area contributed by atoms with Crippen molar-refractivity contribution in [2.45, 2.75) is 0 Å². The average molecular weight is 230 g/mol. The van der Waals surface area contributed by atoms with Crippen LogP contribution in [-0.2, 0) is 0 Å². The van der Waals surface area contributed by atoms with Crippen LogP contribution >= 0.6 is 0 Å². The molecule has 0 fully saturated rings. The van der Waals surface area contributed by atoms with Crippen LogP contribution in [0, 0.1) is 0 Å². The molecule has 0 atom stereocenters. The highest BCUT2D eigenvalue weighted by Crippen LogP contribution is 2.32. The van der Waals surface area contributed by atoms with E-state index in [1.165, 1.54) is 0 Å². The van der Waals surface area contributed by atoms with Crippen molar-refractivity contribution in [2.75, 3.05) is 13.2 Å².